The number of carbonyl (C=O) groups excluding carboxylic acids is 1. The summed E-state index contributed by atoms with van der Waals surface area (Å²) in [7, 11) is 0. The molecule has 9 nitrogen and oxygen atoms in total. The summed E-state index contributed by atoms with van der Waals surface area (Å²) >= 11 is 0. The van der Waals surface area contributed by atoms with Crippen LogP contribution in [0.4, 0.5) is 0 Å². The van der Waals surface area contributed by atoms with E-state index in [1.807, 2.05) is 28.8 Å². The Labute approximate surface area is 200 Å². The van der Waals surface area contributed by atoms with Crippen molar-refractivity contribution >= 4 is 41.5 Å². The monoisotopic (exact) mass is 540 g/mol. The predicted octanol–water partition coefficient (Wildman–Crippen LogP) is 1.14. The number of hydrogen-bond donors (Lipinski definition) is 2. The van der Waals surface area contributed by atoms with E-state index in [0.717, 1.165) is 82.4 Å². The average molecular weight is 540 g/mol. The molecule has 31 heavy (non-hydrogen) atoms. The molecule has 10 heteroatoms. The summed E-state index contributed by atoms with van der Waals surface area (Å²) in [4.78, 5) is 21.4. The van der Waals surface area contributed by atoms with Crippen LogP contribution in [0.15, 0.2) is 29.4 Å². The Hall–Kier alpha value is -1.95. The summed E-state index contributed by atoms with van der Waals surface area (Å²) in [5.41, 5.74) is 0.882. The highest BCUT2D eigenvalue weighted by Crippen LogP contribution is 2.18. The highest BCUT2D eigenvalue weighted by molar-refractivity contribution is 14.0. The van der Waals surface area contributed by atoms with E-state index >= 15 is 0 Å². The third-order valence-electron chi connectivity index (χ3n) is 5.52. The van der Waals surface area contributed by atoms with E-state index in [1.54, 1.807) is 0 Å². The second kappa shape index (κ2) is 11.6. The maximum atomic E-state index is 12.0. The zero-order valence-electron chi connectivity index (χ0n) is 18.2. The summed E-state index contributed by atoms with van der Waals surface area (Å²) < 4.78 is 2.04. The molecule has 170 valence electrons. The van der Waals surface area contributed by atoms with Gasteiger partial charge in [-0.2, -0.15) is 0 Å². The molecule has 3 heterocycles. The Morgan fingerprint density at radius 1 is 1.19 bits per heavy atom. The molecule has 1 amide bonds. The van der Waals surface area contributed by atoms with Crippen molar-refractivity contribution in [2.75, 3.05) is 45.8 Å². The summed E-state index contributed by atoms with van der Waals surface area (Å²) in [6.45, 7) is 7.73. The van der Waals surface area contributed by atoms with Crippen molar-refractivity contribution in [1.82, 2.24) is 35.0 Å². The number of aryl methyl sites for hydroxylation is 1. The van der Waals surface area contributed by atoms with Crippen molar-refractivity contribution in [2.45, 2.75) is 38.6 Å². The van der Waals surface area contributed by atoms with E-state index in [0.29, 0.717) is 12.6 Å². The summed E-state index contributed by atoms with van der Waals surface area (Å²) in [6, 6.07) is 6.37. The first kappa shape index (κ1) is 23.7. The van der Waals surface area contributed by atoms with Crippen molar-refractivity contribution in [3.8, 4) is 0 Å². The molecule has 2 aromatic heterocycles. The van der Waals surface area contributed by atoms with Gasteiger partial charge in [-0.15, -0.1) is 34.2 Å². The number of nitrogens with zero attached hydrogens (tertiary/aromatic N) is 6. The minimum Gasteiger partial charge on any atom is -0.357 e. The maximum Gasteiger partial charge on any atom is 0.234 e. The first-order valence-corrected chi connectivity index (χ1v) is 11.1. The second-order valence-corrected chi connectivity index (χ2v) is 7.99. The lowest BCUT2D eigenvalue weighted by molar-refractivity contribution is -0.122. The SMILES string of the molecule is CCNC(=NCCCc1nnc2ccccn12)N1CCN(CC(=O)NC2CC2)CC1.I. The van der Waals surface area contributed by atoms with Gasteiger partial charge in [-0.25, -0.2) is 0 Å². The van der Waals surface area contributed by atoms with E-state index in [2.05, 4.69) is 37.6 Å². The van der Waals surface area contributed by atoms with Crippen molar-refractivity contribution in [3.05, 3.63) is 30.2 Å². The number of hydrogen-bond acceptors (Lipinski definition) is 5. The third-order valence-corrected chi connectivity index (χ3v) is 5.52. The van der Waals surface area contributed by atoms with Crippen LogP contribution < -0.4 is 10.6 Å². The lowest BCUT2D eigenvalue weighted by Crippen LogP contribution is -2.54. The molecule has 1 aliphatic heterocycles. The Morgan fingerprint density at radius 3 is 2.74 bits per heavy atom. The molecule has 0 atom stereocenters. The number of aromatic nitrogens is 3. The van der Waals surface area contributed by atoms with Crippen molar-refractivity contribution in [1.29, 1.82) is 0 Å². The standard InChI is InChI=1S/C21H32N8O.HI/c1-2-22-21(23-10-5-7-19-26-25-18-6-3-4-11-29(18)19)28-14-12-27(13-15-28)16-20(30)24-17-8-9-17;/h3-4,6,11,17H,2,5,7-10,12-16H2,1H3,(H,22,23)(H,24,30);1H. The van der Waals surface area contributed by atoms with Crippen LogP contribution in [0.1, 0.15) is 32.0 Å². The minimum atomic E-state index is 0. The van der Waals surface area contributed by atoms with Gasteiger partial charge in [-0.05, 0) is 38.3 Å². The molecule has 0 radical (unpaired) electrons. The molecule has 1 saturated heterocycles. The summed E-state index contributed by atoms with van der Waals surface area (Å²) in [6.07, 6.45) is 6.04. The van der Waals surface area contributed by atoms with Crippen LogP contribution in [0.2, 0.25) is 0 Å². The molecule has 0 spiro atoms. The van der Waals surface area contributed by atoms with E-state index in [1.165, 1.54) is 0 Å². The van der Waals surface area contributed by atoms with E-state index in [-0.39, 0.29) is 29.9 Å². The Kier molecular flexibility index (Phi) is 8.88. The molecular formula is C21H33IN8O. The fourth-order valence-corrected chi connectivity index (χ4v) is 3.73. The van der Waals surface area contributed by atoms with Crippen LogP contribution in [0.25, 0.3) is 5.65 Å². The molecule has 2 aromatic rings. The molecule has 2 fully saturated rings. The van der Waals surface area contributed by atoms with Crippen LogP contribution in [0, 0.1) is 0 Å². The van der Waals surface area contributed by atoms with Crippen LogP contribution in [0.5, 0.6) is 0 Å². The molecule has 1 saturated carbocycles. The molecule has 2 aliphatic rings. The van der Waals surface area contributed by atoms with E-state index in [9.17, 15) is 4.79 Å². The van der Waals surface area contributed by atoms with Gasteiger partial charge in [0, 0.05) is 57.9 Å². The number of guanidine groups is 1. The van der Waals surface area contributed by atoms with Gasteiger partial charge in [0.05, 0.1) is 6.54 Å². The second-order valence-electron chi connectivity index (χ2n) is 7.99. The number of amides is 1. The fraction of sp³-hybridized carbons (Fsp3) is 0.619. The first-order valence-electron chi connectivity index (χ1n) is 11.1. The molecule has 1 aliphatic carbocycles. The van der Waals surface area contributed by atoms with Crippen molar-refractivity contribution in [3.63, 3.8) is 0 Å². The number of pyridine rings is 1. The number of rotatable bonds is 8. The Bertz CT molecular complexity index is 873. The minimum absolute atomic E-state index is 0. The van der Waals surface area contributed by atoms with Gasteiger partial charge in [-0.1, -0.05) is 6.07 Å². The molecule has 0 aromatic carbocycles. The average Bonchev–Trinajstić information content (AvgIpc) is 3.48. The number of fused-ring (bicyclic) bond motifs is 1. The van der Waals surface area contributed by atoms with E-state index in [4.69, 9.17) is 4.99 Å². The molecule has 0 unspecified atom stereocenters. The van der Waals surface area contributed by atoms with Gasteiger partial charge in [0.2, 0.25) is 5.91 Å². The first-order chi connectivity index (χ1) is 14.7. The molecular weight excluding hydrogens is 507 g/mol. The fourth-order valence-electron chi connectivity index (χ4n) is 3.73. The highest BCUT2D eigenvalue weighted by Gasteiger charge is 2.25. The van der Waals surface area contributed by atoms with Gasteiger partial charge in [0.1, 0.15) is 5.82 Å². The molecule has 2 N–H and O–H groups in total. The lowest BCUT2D eigenvalue weighted by Gasteiger charge is -2.36. The van der Waals surface area contributed by atoms with Crippen molar-refractivity contribution < 1.29 is 4.79 Å². The van der Waals surface area contributed by atoms with Gasteiger partial charge >= 0.3 is 0 Å². The zero-order chi connectivity index (χ0) is 20.8. The van der Waals surface area contributed by atoms with Gasteiger partial charge in [-0.3, -0.25) is 19.1 Å². The Morgan fingerprint density at radius 2 is 2.00 bits per heavy atom. The normalized spacial score (nSPS) is 17.5. The van der Waals surface area contributed by atoms with Gasteiger partial charge < -0.3 is 15.5 Å². The van der Waals surface area contributed by atoms with E-state index < -0.39 is 0 Å². The third kappa shape index (κ3) is 6.76. The van der Waals surface area contributed by atoms with Crippen LogP contribution >= 0.6 is 24.0 Å². The number of halogens is 1. The van der Waals surface area contributed by atoms with Crippen LogP contribution in [-0.2, 0) is 11.2 Å². The highest BCUT2D eigenvalue weighted by atomic mass is 127. The Balaban J connectivity index is 0.00000272. The topological polar surface area (TPSA) is 90.2 Å². The smallest absolute Gasteiger partial charge is 0.234 e. The largest absolute Gasteiger partial charge is 0.357 e. The van der Waals surface area contributed by atoms with Gasteiger partial charge in [0.15, 0.2) is 11.6 Å². The van der Waals surface area contributed by atoms with Gasteiger partial charge in [0.25, 0.3) is 0 Å². The number of nitrogens with one attached hydrogen (secondary N) is 2. The van der Waals surface area contributed by atoms with Crippen LogP contribution in [0.3, 0.4) is 0 Å². The maximum absolute atomic E-state index is 12.0. The number of piperazine rings is 1. The van der Waals surface area contributed by atoms with Crippen LogP contribution in [-0.4, -0.2) is 88.1 Å². The zero-order valence-corrected chi connectivity index (χ0v) is 20.5. The predicted molar refractivity (Wildman–Crippen MR) is 132 cm³/mol. The lowest BCUT2D eigenvalue weighted by atomic mass is 10.3. The summed E-state index contributed by atoms with van der Waals surface area (Å²) in [5.74, 6) is 2.10. The molecule has 0 bridgehead atoms. The number of carbonyl (C=O) groups is 1. The summed E-state index contributed by atoms with van der Waals surface area (Å²) in [5, 5.41) is 15.0. The number of aliphatic imine (C=N–C) groups is 1. The van der Waals surface area contributed by atoms with Crippen molar-refractivity contribution in [2.24, 2.45) is 4.99 Å². The molecule has 4 rings (SSSR count). The quantitative estimate of drug-likeness (QED) is 0.226.